The van der Waals surface area contributed by atoms with Crippen molar-refractivity contribution in [3.8, 4) is 5.75 Å². The average Bonchev–Trinajstić information content (AvgIpc) is 2.93. The molecule has 0 fully saturated rings. The molecule has 23 heavy (non-hydrogen) atoms. The van der Waals surface area contributed by atoms with E-state index in [1.54, 1.807) is 35.7 Å². The molecular weight excluding hydrogens is 356 g/mol. The van der Waals surface area contributed by atoms with Gasteiger partial charge in [-0.1, -0.05) is 6.07 Å². The Morgan fingerprint density at radius 3 is 2.74 bits per heavy atom. The summed E-state index contributed by atoms with van der Waals surface area (Å²) in [6.07, 6.45) is 0.536. The minimum absolute atomic E-state index is 0. The van der Waals surface area contributed by atoms with Crippen molar-refractivity contribution in [2.24, 2.45) is 0 Å². The molecule has 2 aromatic rings. The van der Waals surface area contributed by atoms with Crippen molar-refractivity contribution in [2.45, 2.75) is 36.1 Å². The van der Waals surface area contributed by atoms with Crippen LogP contribution in [0.3, 0.4) is 0 Å². The molecule has 1 atom stereocenters. The van der Waals surface area contributed by atoms with Crippen LogP contribution < -0.4 is 15.2 Å². The first-order valence-electron chi connectivity index (χ1n) is 6.91. The van der Waals surface area contributed by atoms with Crippen LogP contribution in [-0.2, 0) is 10.0 Å². The van der Waals surface area contributed by atoms with Gasteiger partial charge < -0.3 is 10.5 Å². The number of fused-ring (bicyclic) bond motifs is 1. The van der Waals surface area contributed by atoms with E-state index in [-0.39, 0.29) is 18.4 Å². The lowest BCUT2D eigenvalue weighted by atomic mass is 9.90. The van der Waals surface area contributed by atoms with Gasteiger partial charge in [-0.15, -0.1) is 23.7 Å². The van der Waals surface area contributed by atoms with E-state index in [0.29, 0.717) is 22.1 Å². The molecule has 1 aromatic heterocycles. The molecule has 5 nitrogen and oxygen atoms in total. The predicted molar refractivity (Wildman–Crippen MR) is 94.8 cm³/mol. The number of thiophene rings is 1. The molecule has 3 N–H and O–H groups in total. The van der Waals surface area contributed by atoms with E-state index in [1.165, 1.54) is 11.3 Å². The highest BCUT2D eigenvalue weighted by Gasteiger charge is 2.36. The third-order valence-corrected chi connectivity index (χ3v) is 6.42. The van der Waals surface area contributed by atoms with Crippen molar-refractivity contribution >= 4 is 39.5 Å². The monoisotopic (exact) mass is 374 g/mol. The fourth-order valence-electron chi connectivity index (χ4n) is 2.64. The van der Waals surface area contributed by atoms with Crippen molar-refractivity contribution < 1.29 is 13.2 Å². The number of nitrogens with one attached hydrogen (secondary N) is 1. The minimum atomic E-state index is -3.55. The summed E-state index contributed by atoms with van der Waals surface area (Å²) < 4.78 is 34.0. The number of sulfonamides is 1. The van der Waals surface area contributed by atoms with Gasteiger partial charge in [0.25, 0.3) is 10.0 Å². The second-order valence-electron chi connectivity index (χ2n) is 5.97. The van der Waals surface area contributed by atoms with Crippen molar-refractivity contribution in [1.82, 2.24) is 4.72 Å². The predicted octanol–water partition coefficient (Wildman–Crippen LogP) is 3.33. The smallest absolute Gasteiger partial charge is 0.250 e. The van der Waals surface area contributed by atoms with Gasteiger partial charge in [-0.3, -0.25) is 0 Å². The number of rotatable bonds is 3. The van der Waals surface area contributed by atoms with Crippen LogP contribution in [0.2, 0.25) is 0 Å². The Morgan fingerprint density at radius 1 is 1.35 bits per heavy atom. The van der Waals surface area contributed by atoms with E-state index >= 15 is 0 Å². The molecule has 1 aliphatic heterocycles. The van der Waals surface area contributed by atoms with Crippen LogP contribution in [0.25, 0.3) is 0 Å². The Kier molecular flexibility index (Phi) is 4.96. The van der Waals surface area contributed by atoms with Gasteiger partial charge in [0.2, 0.25) is 0 Å². The Morgan fingerprint density at radius 2 is 2.09 bits per heavy atom. The van der Waals surface area contributed by atoms with Gasteiger partial charge in [-0.2, -0.15) is 0 Å². The third-order valence-electron chi connectivity index (χ3n) is 3.55. The Bertz CT molecular complexity index is 789. The number of hydrogen-bond donors (Lipinski definition) is 2. The van der Waals surface area contributed by atoms with Crippen LogP contribution in [0, 0.1) is 0 Å². The van der Waals surface area contributed by atoms with E-state index < -0.39 is 15.6 Å². The number of benzene rings is 1. The van der Waals surface area contributed by atoms with E-state index in [4.69, 9.17) is 10.5 Å². The Hall–Kier alpha value is -1.28. The zero-order valence-electron chi connectivity index (χ0n) is 12.8. The van der Waals surface area contributed by atoms with E-state index in [9.17, 15) is 8.42 Å². The molecule has 0 radical (unpaired) electrons. The van der Waals surface area contributed by atoms with Gasteiger partial charge >= 0.3 is 0 Å². The van der Waals surface area contributed by atoms with E-state index in [2.05, 4.69) is 4.72 Å². The van der Waals surface area contributed by atoms with Crippen molar-refractivity contribution in [1.29, 1.82) is 0 Å². The lowest BCUT2D eigenvalue weighted by molar-refractivity contribution is 0.0702. The largest absolute Gasteiger partial charge is 0.487 e. The first-order chi connectivity index (χ1) is 10.3. The zero-order valence-corrected chi connectivity index (χ0v) is 15.2. The summed E-state index contributed by atoms with van der Waals surface area (Å²) in [7, 11) is -3.55. The van der Waals surface area contributed by atoms with E-state index in [1.807, 2.05) is 13.8 Å². The second-order valence-corrected chi connectivity index (χ2v) is 8.86. The van der Waals surface area contributed by atoms with Crippen LogP contribution in [0.4, 0.5) is 5.69 Å². The maximum absolute atomic E-state index is 12.5. The van der Waals surface area contributed by atoms with Gasteiger partial charge in [0.1, 0.15) is 15.6 Å². The summed E-state index contributed by atoms with van der Waals surface area (Å²) in [5.74, 6) is 0.671. The summed E-state index contributed by atoms with van der Waals surface area (Å²) in [5.41, 5.74) is 6.75. The normalized spacial score (nSPS) is 19.3. The molecule has 0 amide bonds. The Labute approximate surface area is 146 Å². The molecule has 1 unspecified atom stereocenters. The molecule has 3 rings (SSSR count). The molecule has 126 valence electrons. The highest BCUT2D eigenvalue weighted by atomic mass is 35.5. The highest BCUT2D eigenvalue weighted by Crippen LogP contribution is 2.41. The number of halogens is 1. The quantitative estimate of drug-likeness (QED) is 0.807. The minimum Gasteiger partial charge on any atom is -0.487 e. The molecule has 8 heteroatoms. The molecule has 1 aliphatic rings. The lowest BCUT2D eigenvalue weighted by Gasteiger charge is -2.37. The van der Waals surface area contributed by atoms with Gasteiger partial charge in [0.15, 0.2) is 0 Å². The molecule has 2 heterocycles. The molecule has 1 aromatic carbocycles. The molecular formula is C15H19ClN2O3S2. The Balaban J connectivity index is 0.00000192. The maximum atomic E-state index is 12.5. The first kappa shape index (κ1) is 18.1. The van der Waals surface area contributed by atoms with Crippen LogP contribution >= 0.6 is 23.7 Å². The molecule has 0 saturated carbocycles. The van der Waals surface area contributed by atoms with Gasteiger partial charge in [0, 0.05) is 17.7 Å². The second kappa shape index (κ2) is 6.32. The fourth-order valence-corrected chi connectivity index (χ4v) is 4.86. The standard InChI is InChI=1S/C15H18N2O3S2.ClH/c1-15(2)9-12(11-8-10(16)5-6-13(11)20-15)17-22(18,19)14-4-3-7-21-14;/h3-8,12,17H,9,16H2,1-2H3;1H. The SMILES string of the molecule is CC1(C)CC(NS(=O)(=O)c2cccs2)c2cc(N)ccc2O1.Cl. The number of ether oxygens (including phenoxy) is 1. The highest BCUT2D eigenvalue weighted by molar-refractivity contribution is 7.91. The molecule has 0 saturated heterocycles. The van der Waals surface area contributed by atoms with Gasteiger partial charge in [0.05, 0.1) is 6.04 Å². The zero-order chi connectivity index (χ0) is 16.0. The van der Waals surface area contributed by atoms with Crippen molar-refractivity contribution in [3.63, 3.8) is 0 Å². The van der Waals surface area contributed by atoms with Gasteiger partial charge in [-0.25, -0.2) is 13.1 Å². The summed E-state index contributed by atoms with van der Waals surface area (Å²) in [5, 5.41) is 1.74. The summed E-state index contributed by atoms with van der Waals surface area (Å²) >= 11 is 1.20. The van der Waals surface area contributed by atoms with Crippen molar-refractivity contribution in [3.05, 3.63) is 41.3 Å². The van der Waals surface area contributed by atoms with Crippen LogP contribution in [0.15, 0.2) is 39.9 Å². The maximum Gasteiger partial charge on any atom is 0.250 e. The summed E-state index contributed by atoms with van der Waals surface area (Å²) in [6, 6.07) is 8.26. The first-order valence-corrected chi connectivity index (χ1v) is 9.27. The number of hydrogen-bond acceptors (Lipinski definition) is 5. The summed E-state index contributed by atoms with van der Waals surface area (Å²) in [6.45, 7) is 3.89. The van der Waals surface area contributed by atoms with E-state index in [0.717, 1.165) is 5.56 Å². The third kappa shape index (κ3) is 3.80. The van der Waals surface area contributed by atoms with Gasteiger partial charge in [-0.05, 0) is 43.5 Å². The number of nitrogens with two attached hydrogens (primary N) is 1. The molecule has 0 aliphatic carbocycles. The number of nitrogen functional groups attached to an aromatic ring is 1. The fraction of sp³-hybridized carbons (Fsp3) is 0.333. The summed E-state index contributed by atoms with van der Waals surface area (Å²) in [4.78, 5) is 0. The topological polar surface area (TPSA) is 81.4 Å². The average molecular weight is 375 g/mol. The van der Waals surface area contributed by atoms with Crippen LogP contribution in [0.1, 0.15) is 31.9 Å². The molecule has 0 spiro atoms. The van der Waals surface area contributed by atoms with Crippen LogP contribution in [-0.4, -0.2) is 14.0 Å². The van der Waals surface area contributed by atoms with Crippen molar-refractivity contribution in [2.75, 3.05) is 5.73 Å². The molecule has 0 bridgehead atoms. The number of anilines is 1. The van der Waals surface area contributed by atoms with Crippen LogP contribution in [0.5, 0.6) is 5.75 Å². The lowest BCUT2D eigenvalue weighted by Crippen LogP contribution is -2.41.